The molecule has 0 atom stereocenters. The minimum Gasteiger partial charge on any atom is -0.505 e. The fraction of sp³-hybridized carbons (Fsp3) is 0.556. The highest BCUT2D eigenvalue weighted by molar-refractivity contribution is 5.75. The van der Waals surface area contributed by atoms with E-state index in [1.54, 1.807) is 4.80 Å². The number of phenols is 1. The van der Waals surface area contributed by atoms with Crippen molar-refractivity contribution in [3.63, 3.8) is 0 Å². The molecule has 4 heteroatoms. The minimum absolute atomic E-state index is 0.00802. The molecule has 3 rings (SSSR count). The van der Waals surface area contributed by atoms with E-state index < -0.39 is 0 Å². The lowest BCUT2D eigenvalue weighted by molar-refractivity contribution is 0.420. The monoisotopic (exact) mass is 421 g/mol. The minimum atomic E-state index is -0.149. The van der Waals surface area contributed by atoms with Crippen molar-refractivity contribution in [2.45, 2.75) is 97.8 Å². The van der Waals surface area contributed by atoms with Crippen molar-refractivity contribution in [1.82, 2.24) is 15.0 Å². The quantitative estimate of drug-likeness (QED) is 0.439. The normalized spacial score (nSPS) is 13.2. The van der Waals surface area contributed by atoms with E-state index in [4.69, 9.17) is 10.2 Å². The SMILES string of the molecule is CCC(C)(C)c1cc(-n2nc3ccc(C(C)(C)CC)cc3n2)c(O)c(C(C)(C)CC)c1. The molecule has 168 valence electrons. The predicted octanol–water partition coefficient (Wildman–Crippen LogP) is 7.19. The Morgan fingerprint density at radius 3 is 1.84 bits per heavy atom. The number of aromatic hydroxyl groups is 1. The van der Waals surface area contributed by atoms with Gasteiger partial charge in [-0.05, 0) is 64.8 Å². The zero-order chi connectivity index (χ0) is 23.2. The van der Waals surface area contributed by atoms with E-state index in [-0.39, 0.29) is 22.0 Å². The van der Waals surface area contributed by atoms with Crippen molar-refractivity contribution in [1.29, 1.82) is 0 Å². The first kappa shape index (κ1) is 23.3. The fourth-order valence-corrected chi connectivity index (χ4v) is 3.72. The van der Waals surface area contributed by atoms with Gasteiger partial charge in [-0.3, -0.25) is 0 Å². The second kappa shape index (κ2) is 7.96. The summed E-state index contributed by atoms with van der Waals surface area (Å²) in [4.78, 5) is 1.62. The zero-order valence-electron chi connectivity index (χ0n) is 20.8. The molecule has 4 nitrogen and oxygen atoms in total. The topological polar surface area (TPSA) is 50.9 Å². The number of fused-ring (bicyclic) bond motifs is 1. The zero-order valence-corrected chi connectivity index (χ0v) is 20.8. The maximum Gasteiger partial charge on any atom is 0.146 e. The molecule has 0 fully saturated rings. The average Bonchev–Trinajstić information content (AvgIpc) is 3.16. The van der Waals surface area contributed by atoms with Crippen molar-refractivity contribution in [2.75, 3.05) is 0 Å². The van der Waals surface area contributed by atoms with Crippen LogP contribution in [0.5, 0.6) is 5.75 Å². The molecule has 0 aliphatic rings. The van der Waals surface area contributed by atoms with Gasteiger partial charge in [0.1, 0.15) is 22.5 Å². The summed E-state index contributed by atoms with van der Waals surface area (Å²) in [7, 11) is 0. The molecule has 0 radical (unpaired) electrons. The second-order valence-corrected chi connectivity index (χ2v) is 10.8. The van der Waals surface area contributed by atoms with Crippen LogP contribution in [0.25, 0.3) is 16.7 Å². The molecule has 1 aromatic heterocycles. The van der Waals surface area contributed by atoms with Gasteiger partial charge in [-0.2, -0.15) is 0 Å². The molecule has 0 amide bonds. The fourth-order valence-electron chi connectivity index (χ4n) is 3.72. The van der Waals surface area contributed by atoms with Crippen LogP contribution in [0.15, 0.2) is 30.3 Å². The van der Waals surface area contributed by atoms with Crippen molar-refractivity contribution in [3.8, 4) is 11.4 Å². The van der Waals surface area contributed by atoms with Gasteiger partial charge in [0.05, 0.1) is 0 Å². The Hall–Kier alpha value is -2.36. The molecule has 0 bridgehead atoms. The Labute approximate surface area is 187 Å². The van der Waals surface area contributed by atoms with Gasteiger partial charge in [-0.1, -0.05) is 74.4 Å². The van der Waals surface area contributed by atoms with Crippen LogP contribution >= 0.6 is 0 Å². The largest absolute Gasteiger partial charge is 0.505 e. The molecule has 0 spiro atoms. The van der Waals surface area contributed by atoms with Crippen LogP contribution < -0.4 is 0 Å². The Balaban J connectivity index is 2.25. The molecule has 1 heterocycles. The highest BCUT2D eigenvalue weighted by Crippen LogP contribution is 2.41. The summed E-state index contributed by atoms with van der Waals surface area (Å²) >= 11 is 0. The maximum absolute atomic E-state index is 11.3. The van der Waals surface area contributed by atoms with Crippen molar-refractivity contribution in [3.05, 3.63) is 47.0 Å². The van der Waals surface area contributed by atoms with E-state index in [0.29, 0.717) is 5.69 Å². The van der Waals surface area contributed by atoms with Gasteiger partial charge in [0.25, 0.3) is 0 Å². The summed E-state index contributed by atoms with van der Waals surface area (Å²) in [5, 5.41) is 20.9. The van der Waals surface area contributed by atoms with Crippen LogP contribution in [-0.2, 0) is 16.2 Å². The Morgan fingerprint density at radius 2 is 1.26 bits per heavy atom. The first-order valence-corrected chi connectivity index (χ1v) is 11.6. The number of hydrogen-bond acceptors (Lipinski definition) is 3. The molecule has 1 N–H and O–H groups in total. The van der Waals surface area contributed by atoms with Crippen LogP contribution in [0.2, 0.25) is 0 Å². The molecule has 0 aliphatic carbocycles. The van der Waals surface area contributed by atoms with Crippen molar-refractivity contribution >= 4 is 11.0 Å². The summed E-state index contributed by atoms with van der Waals surface area (Å²) in [5.41, 5.74) is 5.70. The molecule has 0 saturated heterocycles. The van der Waals surface area contributed by atoms with Crippen molar-refractivity contribution in [2.24, 2.45) is 0 Å². The van der Waals surface area contributed by atoms with E-state index in [9.17, 15) is 5.11 Å². The molecule has 2 aromatic carbocycles. The lowest BCUT2D eigenvalue weighted by atomic mass is 9.76. The van der Waals surface area contributed by atoms with Gasteiger partial charge in [0.2, 0.25) is 0 Å². The number of nitrogens with zero attached hydrogens (tertiary/aromatic N) is 3. The third-order valence-corrected chi connectivity index (χ3v) is 7.63. The standard InChI is InChI=1S/C27H39N3O/c1-10-25(4,5)18-13-14-21-22(16-18)29-30(28-21)23-17-19(26(6,7)11-2)15-20(24(23)31)27(8,9)12-3/h13-17,31H,10-12H2,1-9H3. The summed E-state index contributed by atoms with van der Waals surface area (Å²) in [6.07, 6.45) is 2.99. The first-order valence-electron chi connectivity index (χ1n) is 11.6. The highest BCUT2D eigenvalue weighted by atomic mass is 16.3. The van der Waals surface area contributed by atoms with Gasteiger partial charge in [0.15, 0.2) is 0 Å². The van der Waals surface area contributed by atoms with E-state index in [2.05, 4.69) is 86.6 Å². The smallest absolute Gasteiger partial charge is 0.146 e. The van der Waals surface area contributed by atoms with Gasteiger partial charge in [-0.15, -0.1) is 15.0 Å². The molecule has 31 heavy (non-hydrogen) atoms. The third kappa shape index (κ3) is 4.22. The predicted molar refractivity (Wildman–Crippen MR) is 130 cm³/mol. The summed E-state index contributed by atoms with van der Waals surface area (Å²) < 4.78 is 0. The average molecular weight is 422 g/mol. The molecule has 0 saturated carbocycles. The number of benzene rings is 2. The van der Waals surface area contributed by atoms with E-state index in [1.807, 2.05) is 6.07 Å². The lowest BCUT2D eigenvalue weighted by Gasteiger charge is -2.30. The Morgan fingerprint density at radius 1 is 0.710 bits per heavy atom. The molecule has 0 unspecified atom stereocenters. The van der Waals surface area contributed by atoms with Gasteiger partial charge >= 0.3 is 0 Å². The molecular formula is C27H39N3O. The Kier molecular flexibility index (Phi) is 5.98. The van der Waals surface area contributed by atoms with Crippen LogP contribution in [0.1, 0.15) is 98.3 Å². The van der Waals surface area contributed by atoms with Crippen LogP contribution in [0.4, 0.5) is 0 Å². The summed E-state index contributed by atoms with van der Waals surface area (Å²) in [5.74, 6) is 0.275. The second-order valence-electron chi connectivity index (χ2n) is 10.8. The number of phenolic OH excluding ortho intramolecular Hbond substituents is 1. The van der Waals surface area contributed by atoms with Crippen molar-refractivity contribution < 1.29 is 5.11 Å². The summed E-state index contributed by atoms with van der Waals surface area (Å²) in [6.45, 7) is 19.9. The van der Waals surface area contributed by atoms with Gasteiger partial charge in [-0.25, -0.2) is 0 Å². The van der Waals surface area contributed by atoms with E-state index in [0.717, 1.165) is 35.9 Å². The summed E-state index contributed by atoms with van der Waals surface area (Å²) in [6, 6.07) is 10.6. The number of hydrogen-bond donors (Lipinski definition) is 1. The van der Waals surface area contributed by atoms with Gasteiger partial charge in [0, 0.05) is 5.56 Å². The van der Waals surface area contributed by atoms with E-state index >= 15 is 0 Å². The lowest BCUT2D eigenvalue weighted by Crippen LogP contribution is -2.21. The first-order chi connectivity index (χ1) is 14.4. The highest BCUT2D eigenvalue weighted by Gasteiger charge is 2.29. The van der Waals surface area contributed by atoms with E-state index in [1.165, 1.54) is 11.1 Å². The van der Waals surface area contributed by atoms with Crippen LogP contribution in [-0.4, -0.2) is 20.1 Å². The van der Waals surface area contributed by atoms with Gasteiger partial charge < -0.3 is 5.11 Å². The Bertz CT molecular complexity index is 1090. The molecule has 3 aromatic rings. The van der Waals surface area contributed by atoms with Crippen LogP contribution in [0.3, 0.4) is 0 Å². The molecule has 0 aliphatic heterocycles. The third-order valence-electron chi connectivity index (χ3n) is 7.63. The number of aromatic nitrogens is 3. The van der Waals surface area contributed by atoms with Crippen LogP contribution in [0, 0.1) is 0 Å². The number of rotatable bonds is 7. The molecular weight excluding hydrogens is 382 g/mol. The maximum atomic E-state index is 11.3.